The number of thiazole rings is 1. The van der Waals surface area contributed by atoms with Crippen LogP contribution in [0.1, 0.15) is 58.8 Å². The monoisotopic (exact) mass is 1430 g/mol. The molecular weight excluding hydrogens is 1350 g/mol. The lowest BCUT2D eigenvalue weighted by Gasteiger charge is -2.21. The number of ether oxygens (including phenoxy) is 2. The van der Waals surface area contributed by atoms with Crippen molar-refractivity contribution in [1.29, 1.82) is 0 Å². The Morgan fingerprint density at radius 1 is 0.680 bits per heavy atom. The number of benzene rings is 4. The van der Waals surface area contributed by atoms with Crippen LogP contribution in [0, 0.1) is 24.4 Å². The average molecular weight is 1430 g/mol. The summed E-state index contributed by atoms with van der Waals surface area (Å²) < 4.78 is 110. The van der Waals surface area contributed by atoms with Crippen LogP contribution < -0.4 is 41.1 Å². The summed E-state index contributed by atoms with van der Waals surface area (Å²) in [7, 11) is -1.93. The molecular formula is C69H76F3N15O10S3. The Bertz CT molecular complexity index is 5010. The Hall–Kier alpha value is -10.2. The van der Waals surface area contributed by atoms with Gasteiger partial charge in [0.2, 0.25) is 17.7 Å². The molecule has 0 spiro atoms. The second-order valence-electron chi connectivity index (χ2n) is 24.4. The van der Waals surface area contributed by atoms with Gasteiger partial charge in [0.1, 0.15) is 39.8 Å². The summed E-state index contributed by atoms with van der Waals surface area (Å²) >= 11 is 1.41. The smallest absolute Gasteiger partial charge is 0.324 e. The van der Waals surface area contributed by atoms with E-state index in [9.17, 15) is 49.2 Å². The Morgan fingerprint density at radius 3 is 1.75 bits per heavy atom. The number of nitrogens with one attached hydrogen (secondary N) is 3. The van der Waals surface area contributed by atoms with E-state index in [1.807, 2.05) is 32.0 Å². The summed E-state index contributed by atoms with van der Waals surface area (Å²) in [5.74, 6) is -3.14. The number of amides is 3. The minimum absolute atomic E-state index is 0.0504. The van der Waals surface area contributed by atoms with Crippen molar-refractivity contribution in [3.8, 4) is 44.5 Å². The lowest BCUT2D eigenvalue weighted by atomic mass is 9.90. The van der Waals surface area contributed by atoms with Gasteiger partial charge in [-0.05, 0) is 149 Å². The molecule has 25 nitrogen and oxygen atoms in total. The highest BCUT2D eigenvalue weighted by molar-refractivity contribution is 7.93. The van der Waals surface area contributed by atoms with Crippen LogP contribution in [-0.4, -0.2) is 150 Å². The van der Waals surface area contributed by atoms with Crippen molar-refractivity contribution in [2.45, 2.75) is 88.7 Å². The van der Waals surface area contributed by atoms with E-state index in [0.717, 1.165) is 65.6 Å². The summed E-state index contributed by atoms with van der Waals surface area (Å²) in [6.07, 6.45) is 9.24. The lowest BCUT2D eigenvalue weighted by molar-refractivity contribution is -0.121. The topological polar surface area (TPSA) is 314 Å². The Morgan fingerprint density at radius 2 is 1.23 bits per heavy atom. The van der Waals surface area contributed by atoms with Gasteiger partial charge in [0.25, 0.3) is 31.2 Å². The molecule has 10 aromatic rings. The molecule has 7 heterocycles. The van der Waals surface area contributed by atoms with Crippen LogP contribution in [0.2, 0.25) is 0 Å². The highest BCUT2D eigenvalue weighted by Crippen LogP contribution is 2.37. The van der Waals surface area contributed by atoms with E-state index in [1.54, 1.807) is 57.8 Å². The number of likely N-dealkylation sites (N-methyl/N-ethyl adjacent to an activating group) is 2. The zero-order chi connectivity index (χ0) is 72.4. The predicted octanol–water partition coefficient (Wildman–Crippen LogP) is 10.1. The third-order valence-corrected chi connectivity index (χ3v) is 20.1. The van der Waals surface area contributed by atoms with Crippen LogP contribution in [0.3, 0.4) is 0 Å². The summed E-state index contributed by atoms with van der Waals surface area (Å²) in [6, 6.07) is 23.1. The Labute approximate surface area is 580 Å². The number of hydrogen-bond donors (Lipinski definition) is 4. The van der Waals surface area contributed by atoms with E-state index in [1.165, 1.54) is 73.7 Å². The third kappa shape index (κ3) is 17.8. The highest BCUT2D eigenvalue weighted by atomic mass is 32.2. The number of aryl methyl sites for hydroxylation is 1. The van der Waals surface area contributed by atoms with Gasteiger partial charge in [-0.1, -0.05) is 58.1 Å². The van der Waals surface area contributed by atoms with Gasteiger partial charge in [0.15, 0.2) is 5.13 Å². The molecule has 1 aliphatic rings. The highest BCUT2D eigenvalue weighted by Gasteiger charge is 2.33. The van der Waals surface area contributed by atoms with Crippen molar-refractivity contribution in [2.24, 2.45) is 5.73 Å². The zero-order valence-electron chi connectivity index (χ0n) is 56.6. The maximum Gasteiger partial charge on any atom is 0.324 e. The number of urea groups is 1. The van der Waals surface area contributed by atoms with Crippen LogP contribution in [0.15, 0.2) is 154 Å². The quantitative estimate of drug-likeness (QED) is 0.0519. The SMILES string of the molecule is CCN(CC)CCn1cnc2ccc(-c3cnc(OC)c(NS(=O)(=O)c4ccc(F)cc4F)c3)cc2c1=O.COc1ncc(-c2ccc3ncn(CCN(C)C)c(=O)c3c2)cc1NS(=O)(=O)c1ccc(F)cc1.Cc1nc(NC(=O)N2CCC[C@H]2C(N)=O)sc1-c1ccnc(C(C)(C)C)c1. The van der Waals surface area contributed by atoms with Crippen molar-refractivity contribution in [1.82, 2.24) is 53.7 Å². The van der Waals surface area contributed by atoms with Crippen molar-refractivity contribution in [2.75, 3.05) is 75.8 Å². The molecule has 0 unspecified atom stereocenters. The third-order valence-electron chi connectivity index (χ3n) is 16.2. The van der Waals surface area contributed by atoms with E-state index in [2.05, 4.69) is 90.2 Å². The number of aromatic nitrogens is 8. The first-order valence-electron chi connectivity index (χ1n) is 31.5. The summed E-state index contributed by atoms with van der Waals surface area (Å²) in [5, 5.41) is 4.16. The van der Waals surface area contributed by atoms with Crippen molar-refractivity contribution < 1.29 is 49.1 Å². The molecule has 1 fully saturated rings. The fraction of sp³-hybridized carbons (Fsp3) is 0.304. The van der Waals surface area contributed by atoms with Gasteiger partial charge < -0.3 is 29.9 Å². The number of carbonyl (C=O) groups excluding carboxylic acids is 2. The van der Waals surface area contributed by atoms with Crippen LogP contribution in [0.5, 0.6) is 11.8 Å². The van der Waals surface area contributed by atoms with Gasteiger partial charge in [-0.15, -0.1) is 0 Å². The first kappa shape index (κ1) is 74.0. The number of fused-ring (bicyclic) bond motifs is 2. The molecule has 6 aromatic heterocycles. The number of anilines is 3. The first-order chi connectivity index (χ1) is 47.5. The maximum atomic E-state index is 14.2. The van der Waals surface area contributed by atoms with E-state index < -0.39 is 54.3 Å². The fourth-order valence-electron chi connectivity index (χ4n) is 10.7. The molecule has 3 amide bonds. The lowest BCUT2D eigenvalue weighted by Crippen LogP contribution is -2.45. The van der Waals surface area contributed by atoms with E-state index in [4.69, 9.17) is 15.2 Å². The minimum atomic E-state index is -4.44. The Balaban J connectivity index is 0.000000177. The molecule has 0 bridgehead atoms. The van der Waals surface area contributed by atoms with Crippen LogP contribution >= 0.6 is 11.3 Å². The molecule has 5 N–H and O–H groups in total. The molecule has 31 heteroatoms. The van der Waals surface area contributed by atoms with Gasteiger partial charge in [-0.2, -0.15) is 0 Å². The van der Waals surface area contributed by atoms with Gasteiger partial charge in [-0.3, -0.25) is 43.3 Å². The number of carbonyl (C=O) groups is 2. The predicted molar refractivity (Wildman–Crippen MR) is 379 cm³/mol. The Kier molecular flexibility index (Phi) is 23.5. The van der Waals surface area contributed by atoms with E-state index in [-0.39, 0.29) is 50.6 Å². The number of sulfonamides is 2. The molecule has 0 saturated carbocycles. The normalized spacial score (nSPS) is 13.2. The van der Waals surface area contributed by atoms with Crippen molar-refractivity contribution in [3.05, 3.63) is 184 Å². The first-order valence-corrected chi connectivity index (χ1v) is 35.3. The standard InChI is InChI=1S/C26H27F2N5O4S.C24H24FN5O4S.C19H25N5O2S/c1-4-32(5-2)10-11-33-16-30-22-8-6-17(12-20(22)26(33)34)18-13-23(25(37-3)29-15-18)31-38(35,36)24-9-7-19(27)14-21(24)28;1-29(2)10-11-30-15-27-21-9-4-16(12-20(21)24(30)31)17-13-22(23(34-3)26-14-17)28-35(32,33)19-7-5-18(25)6-8-19;1-11-15(12-7-8-21-14(10-12)19(2,3)4)27-17(22-11)23-18(26)24-9-5-6-13(24)16(20)25/h6-9,12-16,31H,4-5,10-11H2,1-3H3;4-9,12-15,28H,10-11H2,1-3H3;7-8,10,13H,5-6,9H2,1-4H3,(H2,20,25)(H,22,23,26)/t;;13-/m..0/s1. The molecule has 526 valence electrons. The van der Waals surface area contributed by atoms with E-state index in [0.29, 0.717) is 94.4 Å². The van der Waals surface area contributed by atoms with Gasteiger partial charge in [0.05, 0.1) is 64.1 Å². The molecule has 0 aliphatic carbocycles. The molecule has 11 rings (SSSR count). The summed E-state index contributed by atoms with van der Waals surface area (Å²) in [4.78, 5) is 82.2. The summed E-state index contributed by atoms with van der Waals surface area (Å²) in [6.45, 7) is 17.1. The largest absolute Gasteiger partial charge is 0.480 e. The number of nitrogens with zero attached hydrogens (tertiary/aromatic N) is 11. The molecule has 1 atom stereocenters. The van der Waals surface area contributed by atoms with Crippen molar-refractivity contribution >= 4 is 81.6 Å². The number of rotatable bonds is 21. The number of methoxy groups -OCH3 is 2. The second kappa shape index (κ2) is 31.8. The van der Waals surface area contributed by atoms with Crippen LogP contribution in [0.4, 0.5) is 34.5 Å². The fourth-order valence-corrected chi connectivity index (χ4v) is 13.8. The minimum Gasteiger partial charge on any atom is -0.480 e. The molecule has 4 aromatic carbocycles. The molecule has 100 heavy (non-hydrogen) atoms. The average Bonchev–Trinajstić information content (AvgIpc) is 0.913. The number of primary amides is 1. The maximum absolute atomic E-state index is 14.2. The number of hydrogen-bond acceptors (Lipinski definition) is 19. The van der Waals surface area contributed by atoms with Gasteiger partial charge in [0, 0.05) is 79.6 Å². The number of nitrogens with two attached hydrogens (primary N) is 1. The summed E-state index contributed by atoms with van der Waals surface area (Å²) in [5.41, 5.74) is 11.2. The van der Waals surface area contributed by atoms with Crippen molar-refractivity contribution in [3.63, 3.8) is 0 Å². The van der Waals surface area contributed by atoms with Crippen LogP contribution in [0.25, 0.3) is 54.5 Å². The molecule has 0 radical (unpaired) electrons. The van der Waals surface area contributed by atoms with Crippen LogP contribution in [-0.2, 0) is 43.3 Å². The zero-order valence-corrected chi connectivity index (χ0v) is 59.0. The second-order valence-corrected chi connectivity index (χ2v) is 28.7. The molecule has 1 saturated heterocycles. The number of pyridine rings is 3. The number of halogens is 3. The number of likely N-dealkylation sites (tertiary alicyclic amines) is 1. The van der Waals surface area contributed by atoms with Gasteiger partial charge >= 0.3 is 6.03 Å². The molecule has 1 aliphatic heterocycles. The van der Waals surface area contributed by atoms with E-state index >= 15 is 0 Å². The van der Waals surface area contributed by atoms with Gasteiger partial charge in [-0.25, -0.2) is 59.7 Å².